The van der Waals surface area contributed by atoms with Crippen molar-refractivity contribution in [2.45, 2.75) is 70.4 Å². The molecule has 1 aromatic rings. The normalized spacial score (nSPS) is 17.6. The molecule has 1 amide bonds. The van der Waals surface area contributed by atoms with Gasteiger partial charge in [-0.05, 0) is 38.5 Å². The molecule has 0 spiro atoms. The fourth-order valence-corrected chi connectivity index (χ4v) is 2.83. The molecule has 1 aliphatic rings. The number of nitrogens with zero attached hydrogens (tertiary/aromatic N) is 1. The Morgan fingerprint density at radius 1 is 1.45 bits per heavy atom. The quantitative estimate of drug-likeness (QED) is 0.839. The molecule has 0 unspecified atom stereocenters. The monoisotopic (exact) mass is 280 g/mol. The highest BCUT2D eigenvalue weighted by molar-refractivity contribution is 5.85. The summed E-state index contributed by atoms with van der Waals surface area (Å²) in [6.45, 7) is 4.54. The Bertz CT molecular complexity index is 446. The summed E-state index contributed by atoms with van der Waals surface area (Å²) in [5.74, 6) is 0.750. The van der Waals surface area contributed by atoms with Crippen LogP contribution < -0.4 is 5.32 Å². The van der Waals surface area contributed by atoms with E-state index in [9.17, 15) is 9.90 Å². The van der Waals surface area contributed by atoms with Crippen LogP contribution >= 0.6 is 0 Å². The van der Waals surface area contributed by atoms with Gasteiger partial charge < -0.3 is 14.9 Å². The van der Waals surface area contributed by atoms with Crippen LogP contribution in [0, 0.1) is 0 Å². The summed E-state index contributed by atoms with van der Waals surface area (Å²) in [5, 5.41) is 17.0. The van der Waals surface area contributed by atoms with E-state index in [1.807, 2.05) is 6.07 Å². The van der Waals surface area contributed by atoms with Crippen LogP contribution in [0.25, 0.3) is 0 Å². The number of carbonyl (C=O) groups excluding carboxylic acids is 1. The molecule has 1 heterocycles. The second kappa shape index (κ2) is 6.39. The van der Waals surface area contributed by atoms with Crippen molar-refractivity contribution in [2.75, 3.05) is 0 Å². The Balaban J connectivity index is 1.89. The molecule has 1 aliphatic carbocycles. The Kier molecular flexibility index (Phi) is 4.81. The number of aliphatic hydroxyl groups is 1. The number of hydrogen-bond acceptors (Lipinski definition) is 4. The van der Waals surface area contributed by atoms with Crippen molar-refractivity contribution < 1.29 is 14.4 Å². The van der Waals surface area contributed by atoms with Crippen LogP contribution in [0.15, 0.2) is 10.6 Å². The molecule has 2 rings (SSSR count). The topological polar surface area (TPSA) is 75.4 Å². The third-order valence-corrected chi connectivity index (χ3v) is 4.26. The summed E-state index contributed by atoms with van der Waals surface area (Å²) >= 11 is 0. The first-order valence-corrected chi connectivity index (χ1v) is 7.55. The van der Waals surface area contributed by atoms with Crippen LogP contribution in [-0.2, 0) is 11.3 Å². The molecular formula is C15H24N2O3. The van der Waals surface area contributed by atoms with E-state index in [0.717, 1.165) is 31.4 Å². The molecule has 2 N–H and O–H groups in total. The van der Waals surface area contributed by atoms with Gasteiger partial charge in [-0.1, -0.05) is 19.0 Å². The number of nitrogens with one attached hydrogen (secondary N) is 1. The lowest BCUT2D eigenvalue weighted by atomic mass is 9.99. The maximum absolute atomic E-state index is 12.0. The van der Waals surface area contributed by atoms with Crippen LogP contribution in [-0.4, -0.2) is 21.8 Å². The second-order valence-corrected chi connectivity index (χ2v) is 5.65. The van der Waals surface area contributed by atoms with Gasteiger partial charge in [-0.25, -0.2) is 0 Å². The molecule has 1 aromatic heterocycles. The molecular weight excluding hydrogens is 256 g/mol. The largest absolute Gasteiger partial charge is 0.380 e. The maximum Gasteiger partial charge on any atom is 0.252 e. The summed E-state index contributed by atoms with van der Waals surface area (Å²) in [7, 11) is 0. The first-order chi connectivity index (χ1) is 9.59. The lowest BCUT2D eigenvalue weighted by molar-refractivity contribution is -0.139. The van der Waals surface area contributed by atoms with E-state index in [1.165, 1.54) is 0 Å². The number of aromatic nitrogens is 1. The van der Waals surface area contributed by atoms with Gasteiger partial charge in [-0.3, -0.25) is 4.79 Å². The van der Waals surface area contributed by atoms with Crippen LogP contribution in [0.3, 0.4) is 0 Å². The molecule has 0 saturated heterocycles. The summed E-state index contributed by atoms with van der Waals surface area (Å²) in [5.41, 5.74) is -0.239. The summed E-state index contributed by atoms with van der Waals surface area (Å²) in [4.78, 5) is 12.0. The van der Waals surface area contributed by atoms with Gasteiger partial charge in [-0.15, -0.1) is 0 Å². The van der Waals surface area contributed by atoms with Crippen molar-refractivity contribution in [1.82, 2.24) is 10.5 Å². The minimum Gasteiger partial charge on any atom is -0.380 e. The lowest BCUT2D eigenvalue weighted by Gasteiger charge is -2.20. The molecule has 0 aromatic carbocycles. The van der Waals surface area contributed by atoms with Crippen LogP contribution in [0.2, 0.25) is 0 Å². The average molecular weight is 280 g/mol. The zero-order valence-corrected chi connectivity index (χ0v) is 12.3. The van der Waals surface area contributed by atoms with E-state index in [4.69, 9.17) is 4.52 Å². The molecule has 112 valence electrons. The van der Waals surface area contributed by atoms with Crippen molar-refractivity contribution in [2.24, 2.45) is 0 Å². The maximum atomic E-state index is 12.0. The SMILES string of the molecule is CCC(CC)c1cc(CNC(=O)C2(O)CCCC2)on1. The Morgan fingerprint density at radius 3 is 2.70 bits per heavy atom. The molecule has 0 aliphatic heterocycles. The zero-order chi connectivity index (χ0) is 14.6. The van der Waals surface area contributed by atoms with Gasteiger partial charge in [0.1, 0.15) is 5.60 Å². The molecule has 20 heavy (non-hydrogen) atoms. The number of amides is 1. The Labute approximate surface area is 119 Å². The van der Waals surface area contributed by atoms with Gasteiger partial charge >= 0.3 is 0 Å². The van der Waals surface area contributed by atoms with Gasteiger partial charge in [0.2, 0.25) is 0 Å². The van der Waals surface area contributed by atoms with Crippen molar-refractivity contribution in [3.8, 4) is 0 Å². The Morgan fingerprint density at radius 2 is 2.10 bits per heavy atom. The fraction of sp³-hybridized carbons (Fsp3) is 0.733. The number of carbonyl (C=O) groups is 1. The van der Waals surface area contributed by atoms with E-state index in [1.54, 1.807) is 0 Å². The fourth-order valence-electron chi connectivity index (χ4n) is 2.83. The van der Waals surface area contributed by atoms with Gasteiger partial charge in [0.25, 0.3) is 5.91 Å². The molecule has 5 heteroatoms. The van der Waals surface area contributed by atoms with Crippen LogP contribution in [0.4, 0.5) is 0 Å². The van der Waals surface area contributed by atoms with E-state index in [0.29, 0.717) is 24.5 Å². The molecule has 0 radical (unpaired) electrons. The molecule has 1 fully saturated rings. The van der Waals surface area contributed by atoms with Crippen molar-refractivity contribution in [3.63, 3.8) is 0 Å². The van der Waals surface area contributed by atoms with E-state index >= 15 is 0 Å². The Hall–Kier alpha value is -1.36. The first-order valence-electron chi connectivity index (χ1n) is 7.55. The highest BCUT2D eigenvalue weighted by Crippen LogP contribution is 2.29. The highest BCUT2D eigenvalue weighted by Gasteiger charge is 2.38. The van der Waals surface area contributed by atoms with Crippen molar-refractivity contribution >= 4 is 5.91 Å². The molecule has 0 atom stereocenters. The minimum absolute atomic E-state index is 0.286. The number of rotatable bonds is 6. The average Bonchev–Trinajstić information content (AvgIpc) is 3.08. The standard InChI is InChI=1S/C15H24N2O3/c1-3-11(4-2)13-9-12(20-17-13)10-16-14(18)15(19)7-5-6-8-15/h9,11,19H,3-8,10H2,1-2H3,(H,16,18). The van der Waals surface area contributed by atoms with Gasteiger partial charge in [0.05, 0.1) is 12.2 Å². The smallest absolute Gasteiger partial charge is 0.252 e. The summed E-state index contributed by atoms with van der Waals surface area (Å²) in [6.07, 6.45) is 4.96. The predicted molar refractivity (Wildman–Crippen MR) is 75.1 cm³/mol. The van der Waals surface area contributed by atoms with Crippen molar-refractivity contribution in [3.05, 3.63) is 17.5 Å². The predicted octanol–water partition coefficient (Wildman–Crippen LogP) is 2.50. The lowest BCUT2D eigenvalue weighted by Crippen LogP contribution is -2.44. The van der Waals surface area contributed by atoms with Gasteiger partial charge in [0, 0.05) is 12.0 Å². The summed E-state index contributed by atoms with van der Waals surface area (Å²) in [6, 6.07) is 1.90. The molecule has 1 saturated carbocycles. The second-order valence-electron chi connectivity index (χ2n) is 5.65. The highest BCUT2D eigenvalue weighted by atomic mass is 16.5. The zero-order valence-electron chi connectivity index (χ0n) is 12.3. The van der Waals surface area contributed by atoms with Crippen molar-refractivity contribution in [1.29, 1.82) is 0 Å². The number of hydrogen-bond donors (Lipinski definition) is 2. The summed E-state index contributed by atoms with van der Waals surface area (Å²) < 4.78 is 5.25. The van der Waals surface area contributed by atoms with E-state index in [-0.39, 0.29) is 12.5 Å². The first kappa shape index (κ1) is 15.0. The molecule has 0 bridgehead atoms. The van der Waals surface area contributed by atoms with Gasteiger partial charge in [-0.2, -0.15) is 0 Å². The third kappa shape index (κ3) is 3.20. The van der Waals surface area contributed by atoms with E-state index in [2.05, 4.69) is 24.3 Å². The van der Waals surface area contributed by atoms with Crippen LogP contribution in [0.5, 0.6) is 0 Å². The van der Waals surface area contributed by atoms with Gasteiger partial charge in [0.15, 0.2) is 5.76 Å². The van der Waals surface area contributed by atoms with E-state index < -0.39 is 5.60 Å². The van der Waals surface area contributed by atoms with Crippen LogP contribution in [0.1, 0.15) is 69.7 Å². The minimum atomic E-state index is -1.18. The third-order valence-electron chi connectivity index (χ3n) is 4.26. The molecule has 5 nitrogen and oxygen atoms in total.